The molecule has 3 heteroatoms. The van der Waals surface area contributed by atoms with E-state index in [0.717, 1.165) is 25.9 Å². The van der Waals surface area contributed by atoms with E-state index in [1.807, 2.05) is 0 Å². The van der Waals surface area contributed by atoms with E-state index in [9.17, 15) is 0 Å². The van der Waals surface area contributed by atoms with Crippen LogP contribution in [0, 0.1) is 12.3 Å². The summed E-state index contributed by atoms with van der Waals surface area (Å²) in [6, 6.07) is 0. The molecular weight excluding hydrogens is 198 g/mol. The zero-order chi connectivity index (χ0) is 12.7. The molecule has 0 aromatic carbocycles. The molecule has 0 atom stereocenters. The summed E-state index contributed by atoms with van der Waals surface area (Å²) in [5, 5.41) is 6.90. The van der Waals surface area contributed by atoms with E-state index in [4.69, 9.17) is 12.2 Å². The quantitative estimate of drug-likeness (QED) is 0.542. The summed E-state index contributed by atoms with van der Waals surface area (Å²) >= 11 is 0. The van der Waals surface area contributed by atoms with Crippen molar-refractivity contribution in [3.8, 4) is 12.3 Å². The molecule has 0 aromatic rings. The molecule has 0 aromatic heterocycles. The van der Waals surface area contributed by atoms with E-state index in [-0.39, 0.29) is 11.1 Å². The van der Waals surface area contributed by atoms with E-state index in [0.29, 0.717) is 6.54 Å². The van der Waals surface area contributed by atoms with Gasteiger partial charge in [-0.2, -0.15) is 0 Å². The maximum absolute atomic E-state index is 5.47. The minimum Gasteiger partial charge on any atom is -0.329 e. The first-order valence-electron chi connectivity index (χ1n) is 5.96. The topological polar surface area (TPSA) is 50.1 Å². The molecule has 0 fully saturated rings. The van der Waals surface area contributed by atoms with Crippen LogP contribution >= 0.6 is 0 Å². The number of hydrogen-bond acceptors (Lipinski definition) is 3. The van der Waals surface area contributed by atoms with Gasteiger partial charge in [0, 0.05) is 30.6 Å². The molecule has 0 spiro atoms. The molecule has 16 heavy (non-hydrogen) atoms. The molecule has 0 aliphatic carbocycles. The molecule has 0 saturated heterocycles. The molecule has 0 aliphatic heterocycles. The van der Waals surface area contributed by atoms with Gasteiger partial charge in [-0.05, 0) is 40.7 Å². The van der Waals surface area contributed by atoms with E-state index < -0.39 is 0 Å². The minimum atomic E-state index is 0.0265. The normalized spacial score (nSPS) is 12.5. The second-order valence-electron chi connectivity index (χ2n) is 5.54. The van der Waals surface area contributed by atoms with Gasteiger partial charge in [0.05, 0.1) is 0 Å². The van der Waals surface area contributed by atoms with Crippen LogP contribution in [0.5, 0.6) is 0 Å². The Labute approximate surface area is 101 Å². The van der Waals surface area contributed by atoms with Crippen LogP contribution in [0.15, 0.2) is 0 Å². The van der Waals surface area contributed by atoms with E-state index in [1.165, 1.54) is 0 Å². The average Bonchev–Trinajstić information content (AvgIpc) is 2.14. The lowest BCUT2D eigenvalue weighted by molar-refractivity contribution is 0.323. The SMILES string of the molecule is C#CCC(C)(C)NCCC(C)(C)NCCN. The molecule has 0 saturated carbocycles. The third-order valence-electron chi connectivity index (χ3n) is 2.65. The summed E-state index contributed by atoms with van der Waals surface area (Å²) in [6.45, 7) is 11.1. The van der Waals surface area contributed by atoms with Gasteiger partial charge in [-0.15, -0.1) is 12.3 Å². The van der Waals surface area contributed by atoms with Gasteiger partial charge in [0.15, 0.2) is 0 Å². The molecule has 0 bridgehead atoms. The first-order chi connectivity index (χ1) is 7.33. The fraction of sp³-hybridized carbons (Fsp3) is 0.846. The van der Waals surface area contributed by atoms with Gasteiger partial charge < -0.3 is 16.4 Å². The number of nitrogens with one attached hydrogen (secondary N) is 2. The maximum Gasteiger partial charge on any atom is 0.0264 e. The third kappa shape index (κ3) is 7.70. The van der Waals surface area contributed by atoms with E-state index in [1.54, 1.807) is 0 Å². The Balaban J connectivity index is 3.84. The monoisotopic (exact) mass is 225 g/mol. The summed E-state index contributed by atoms with van der Waals surface area (Å²) < 4.78 is 0. The maximum atomic E-state index is 5.47. The second kappa shape index (κ2) is 6.90. The molecule has 94 valence electrons. The Morgan fingerprint density at radius 1 is 1.06 bits per heavy atom. The van der Waals surface area contributed by atoms with Crippen molar-refractivity contribution in [2.45, 2.75) is 51.6 Å². The lowest BCUT2D eigenvalue weighted by atomic mass is 9.97. The van der Waals surface area contributed by atoms with Crippen molar-refractivity contribution < 1.29 is 0 Å². The summed E-state index contributed by atoms with van der Waals surface area (Å²) in [6.07, 6.45) is 7.13. The van der Waals surface area contributed by atoms with Gasteiger partial charge in [-0.3, -0.25) is 0 Å². The van der Waals surface area contributed by atoms with Crippen LogP contribution in [0.1, 0.15) is 40.5 Å². The van der Waals surface area contributed by atoms with Crippen molar-refractivity contribution in [2.75, 3.05) is 19.6 Å². The van der Waals surface area contributed by atoms with E-state index >= 15 is 0 Å². The Bertz CT molecular complexity index is 226. The van der Waals surface area contributed by atoms with Gasteiger partial charge >= 0.3 is 0 Å². The van der Waals surface area contributed by atoms with Gasteiger partial charge in [-0.25, -0.2) is 0 Å². The van der Waals surface area contributed by atoms with Crippen LogP contribution in [-0.2, 0) is 0 Å². The number of rotatable bonds is 8. The Kier molecular flexibility index (Phi) is 6.66. The molecule has 0 radical (unpaired) electrons. The molecule has 0 aliphatic rings. The number of terminal acetylenes is 1. The van der Waals surface area contributed by atoms with Crippen molar-refractivity contribution in [3.05, 3.63) is 0 Å². The minimum absolute atomic E-state index is 0.0265. The second-order valence-corrected chi connectivity index (χ2v) is 5.54. The van der Waals surface area contributed by atoms with Gasteiger partial charge in [-0.1, -0.05) is 0 Å². The fourth-order valence-electron chi connectivity index (χ4n) is 1.53. The first-order valence-corrected chi connectivity index (χ1v) is 5.96. The summed E-state index contributed by atoms with van der Waals surface area (Å²) in [7, 11) is 0. The van der Waals surface area contributed by atoms with Crippen LogP contribution in [-0.4, -0.2) is 30.7 Å². The predicted molar refractivity (Wildman–Crippen MR) is 71.3 cm³/mol. The lowest BCUT2D eigenvalue weighted by Crippen LogP contribution is -2.47. The molecular formula is C13H27N3. The largest absolute Gasteiger partial charge is 0.329 e. The van der Waals surface area contributed by atoms with Crippen LogP contribution in [0.2, 0.25) is 0 Å². The standard InChI is InChI=1S/C13H27N3/c1-6-7-12(2,3)15-10-8-13(4,5)16-11-9-14/h1,15-16H,7-11,14H2,2-5H3. The molecule has 0 heterocycles. The molecule has 3 nitrogen and oxygen atoms in total. The zero-order valence-electron chi connectivity index (χ0n) is 11.2. The highest BCUT2D eigenvalue weighted by atomic mass is 15.0. The highest BCUT2D eigenvalue weighted by Crippen LogP contribution is 2.10. The molecule has 4 N–H and O–H groups in total. The molecule has 0 rings (SSSR count). The predicted octanol–water partition coefficient (Wildman–Crippen LogP) is 1.09. The summed E-state index contributed by atoms with van der Waals surface area (Å²) in [5.41, 5.74) is 5.62. The fourth-order valence-corrected chi connectivity index (χ4v) is 1.53. The van der Waals surface area contributed by atoms with Crippen molar-refractivity contribution in [1.82, 2.24) is 10.6 Å². The average molecular weight is 225 g/mol. The zero-order valence-corrected chi connectivity index (χ0v) is 11.2. The number of hydrogen-bond donors (Lipinski definition) is 3. The van der Waals surface area contributed by atoms with Crippen LogP contribution < -0.4 is 16.4 Å². The van der Waals surface area contributed by atoms with Gasteiger partial charge in [0.1, 0.15) is 0 Å². The highest BCUT2D eigenvalue weighted by Gasteiger charge is 2.19. The molecule has 0 amide bonds. The summed E-state index contributed by atoms with van der Waals surface area (Å²) in [5.74, 6) is 2.70. The van der Waals surface area contributed by atoms with E-state index in [2.05, 4.69) is 44.2 Å². The van der Waals surface area contributed by atoms with Crippen molar-refractivity contribution >= 4 is 0 Å². The van der Waals surface area contributed by atoms with Crippen LogP contribution in [0.4, 0.5) is 0 Å². The van der Waals surface area contributed by atoms with Gasteiger partial charge in [0.25, 0.3) is 0 Å². The smallest absolute Gasteiger partial charge is 0.0264 e. The van der Waals surface area contributed by atoms with Crippen molar-refractivity contribution in [3.63, 3.8) is 0 Å². The van der Waals surface area contributed by atoms with Crippen LogP contribution in [0.3, 0.4) is 0 Å². The Hall–Kier alpha value is -0.560. The highest BCUT2D eigenvalue weighted by molar-refractivity contribution is 4.95. The van der Waals surface area contributed by atoms with Crippen molar-refractivity contribution in [2.24, 2.45) is 5.73 Å². The molecule has 0 unspecified atom stereocenters. The first kappa shape index (κ1) is 15.4. The lowest BCUT2D eigenvalue weighted by Gasteiger charge is -2.30. The summed E-state index contributed by atoms with van der Waals surface area (Å²) in [4.78, 5) is 0. The van der Waals surface area contributed by atoms with Crippen molar-refractivity contribution in [1.29, 1.82) is 0 Å². The van der Waals surface area contributed by atoms with Crippen LogP contribution in [0.25, 0.3) is 0 Å². The number of nitrogens with two attached hydrogens (primary N) is 1. The van der Waals surface area contributed by atoms with Gasteiger partial charge in [0.2, 0.25) is 0 Å². The third-order valence-corrected chi connectivity index (χ3v) is 2.65. The Morgan fingerprint density at radius 2 is 1.62 bits per heavy atom. The Morgan fingerprint density at radius 3 is 2.12 bits per heavy atom.